The van der Waals surface area contributed by atoms with E-state index in [2.05, 4.69) is 8.75 Å². The largest absolute Gasteiger partial charge is 0.393 e. The van der Waals surface area contributed by atoms with Gasteiger partial charge in [0.2, 0.25) is 0 Å². The standard InChI is InChI=1S/C12H17N3O2S/c1-7-11(14-18-13-7)12(17)15-5-4-9(16)6-10(15)8-2-3-8/h8-10,16H,2-6H2,1H3/t9-,10-/m1/s1. The fourth-order valence-corrected chi connectivity index (χ4v) is 3.26. The average molecular weight is 267 g/mol. The van der Waals surface area contributed by atoms with Crippen LogP contribution < -0.4 is 0 Å². The lowest BCUT2D eigenvalue weighted by molar-refractivity contribution is 0.0265. The van der Waals surface area contributed by atoms with Crippen LogP contribution in [0.1, 0.15) is 41.9 Å². The molecule has 0 bridgehead atoms. The van der Waals surface area contributed by atoms with E-state index >= 15 is 0 Å². The molecular weight excluding hydrogens is 250 g/mol. The summed E-state index contributed by atoms with van der Waals surface area (Å²) in [6, 6.07) is 0.197. The molecule has 2 aliphatic rings. The highest BCUT2D eigenvalue weighted by Crippen LogP contribution is 2.40. The van der Waals surface area contributed by atoms with Crippen molar-refractivity contribution in [1.29, 1.82) is 0 Å². The summed E-state index contributed by atoms with van der Waals surface area (Å²) in [6.07, 6.45) is 3.48. The fourth-order valence-electron chi connectivity index (χ4n) is 2.72. The second-order valence-corrected chi connectivity index (χ2v) is 5.81. The molecular formula is C12H17N3O2S. The maximum atomic E-state index is 12.5. The normalized spacial score (nSPS) is 28.4. The van der Waals surface area contributed by atoms with Crippen LogP contribution in [0.15, 0.2) is 0 Å². The number of aryl methyl sites for hydroxylation is 1. The van der Waals surface area contributed by atoms with E-state index < -0.39 is 0 Å². The zero-order valence-electron chi connectivity index (χ0n) is 10.4. The predicted octanol–water partition coefficient (Wildman–Crippen LogP) is 1.22. The molecule has 1 saturated carbocycles. The van der Waals surface area contributed by atoms with Gasteiger partial charge in [0, 0.05) is 12.6 Å². The maximum Gasteiger partial charge on any atom is 0.275 e. The van der Waals surface area contributed by atoms with Crippen molar-refractivity contribution in [2.45, 2.75) is 44.8 Å². The van der Waals surface area contributed by atoms with Gasteiger partial charge in [0.05, 0.1) is 23.5 Å². The van der Waals surface area contributed by atoms with Crippen molar-refractivity contribution in [2.24, 2.45) is 5.92 Å². The van der Waals surface area contributed by atoms with Gasteiger partial charge in [0.25, 0.3) is 5.91 Å². The second-order valence-electron chi connectivity index (χ2n) is 5.28. The van der Waals surface area contributed by atoms with Gasteiger partial charge in [-0.15, -0.1) is 0 Å². The molecule has 0 radical (unpaired) electrons. The van der Waals surface area contributed by atoms with Crippen LogP contribution >= 0.6 is 11.7 Å². The Bertz CT molecular complexity index is 458. The van der Waals surface area contributed by atoms with Crippen molar-refractivity contribution < 1.29 is 9.90 Å². The van der Waals surface area contributed by atoms with Gasteiger partial charge < -0.3 is 10.0 Å². The van der Waals surface area contributed by atoms with Crippen LogP contribution in [0.3, 0.4) is 0 Å². The molecule has 0 spiro atoms. The first-order valence-corrected chi connectivity index (χ1v) is 7.18. The molecule has 18 heavy (non-hydrogen) atoms. The quantitative estimate of drug-likeness (QED) is 0.875. The minimum absolute atomic E-state index is 0.00921. The molecule has 5 nitrogen and oxygen atoms in total. The number of aromatic nitrogens is 2. The van der Waals surface area contributed by atoms with Crippen LogP contribution in [-0.2, 0) is 0 Å². The lowest BCUT2D eigenvalue weighted by Gasteiger charge is -2.38. The minimum Gasteiger partial charge on any atom is -0.393 e. The Hall–Kier alpha value is -1.01. The molecule has 2 fully saturated rings. The monoisotopic (exact) mass is 267 g/mol. The van der Waals surface area contributed by atoms with Crippen LogP contribution in [0.25, 0.3) is 0 Å². The smallest absolute Gasteiger partial charge is 0.275 e. The number of likely N-dealkylation sites (tertiary alicyclic amines) is 1. The third kappa shape index (κ3) is 2.14. The van der Waals surface area contributed by atoms with Gasteiger partial charge in [-0.25, -0.2) is 0 Å². The van der Waals surface area contributed by atoms with Gasteiger partial charge >= 0.3 is 0 Å². The van der Waals surface area contributed by atoms with Crippen LogP contribution in [0.5, 0.6) is 0 Å². The zero-order valence-corrected chi connectivity index (χ0v) is 11.2. The number of rotatable bonds is 2. The summed E-state index contributed by atoms with van der Waals surface area (Å²) in [5.74, 6) is 0.570. The number of carbonyl (C=O) groups is 1. The lowest BCUT2D eigenvalue weighted by Crippen LogP contribution is -2.48. The Kier molecular flexibility index (Phi) is 3.07. The minimum atomic E-state index is -0.255. The van der Waals surface area contributed by atoms with Gasteiger partial charge in [-0.2, -0.15) is 8.75 Å². The van der Waals surface area contributed by atoms with Crippen molar-refractivity contribution >= 4 is 17.6 Å². The Labute approximate surface area is 110 Å². The summed E-state index contributed by atoms with van der Waals surface area (Å²) in [6.45, 7) is 2.46. The first kappa shape index (κ1) is 12.0. The van der Waals surface area contributed by atoms with Crippen LogP contribution in [0.2, 0.25) is 0 Å². The van der Waals surface area contributed by atoms with E-state index in [1.165, 1.54) is 12.8 Å². The van der Waals surface area contributed by atoms with E-state index in [1.54, 1.807) is 0 Å². The SMILES string of the molecule is Cc1nsnc1C(=O)N1CC[C@@H](O)C[C@@H]1C1CC1. The number of hydrogen-bond acceptors (Lipinski definition) is 5. The van der Waals surface area contributed by atoms with E-state index in [0.717, 1.165) is 11.7 Å². The van der Waals surface area contributed by atoms with E-state index in [-0.39, 0.29) is 18.1 Å². The number of hydrogen-bond donors (Lipinski definition) is 1. The predicted molar refractivity (Wildman–Crippen MR) is 67.4 cm³/mol. The molecule has 0 aromatic carbocycles. The van der Waals surface area contributed by atoms with E-state index in [9.17, 15) is 9.90 Å². The van der Waals surface area contributed by atoms with Gasteiger partial charge in [-0.05, 0) is 38.5 Å². The van der Waals surface area contributed by atoms with Crippen molar-refractivity contribution in [2.75, 3.05) is 6.54 Å². The van der Waals surface area contributed by atoms with Crippen LogP contribution in [0.4, 0.5) is 0 Å². The molecule has 1 aromatic heterocycles. The number of aliphatic hydroxyl groups is 1. The summed E-state index contributed by atoms with van der Waals surface area (Å²) >= 11 is 1.09. The third-order valence-corrected chi connectivity index (χ3v) is 4.52. The van der Waals surface area contributed by atoms with Crippen molar-refractivity contribution in [3.8, 4) is 0 Å². The molecule has 0 unspecified atom stereocenters. The highest BCUT2D eigenvalue weighted by Gasteiger charge is 2.41. The number of amides is 1. The highest BCUT2D eigenvalue weighted by atomic mass is 32.1. The van der Waals surface area contributed by atoms with E-state index in [1.807, 2.05) is 11.8 Å². The second kappa shape index (κ2) is 4.59. The molecule has 1 aliphatic heterocycles. The molecule has 1 saturated heterocycles. The molecule has 2 heterocycles. The first-order chi connectivity index (χ1) is 8.66. The van der Waals surface area contributed by atoms with Crippen molar-refractivity contribution in [1.82, 2.24) is 13.6 Å². The molecule has 1 aliphatic carbocycles. The molecule has 98 valence electrons. The zero-order chi connectivity index (χ0) is 12.7. The number of piperidine rings is 1. The Balaban J connectivity index is 1.81. The van der Waals surface area contributed by atoms with Gasteiger partial charge in [0.15, 0.2) is 5.69 Å². The van der Waals surface area contributed by atoms with E-state index in [4.69, 9.17) is 0 Å². The Morgan fingerprint density at radius 1 is 1.39 bits per heavy atom. The summed E-state index contributed by atoms with van der Waals surface area (Å²) in [5.41, 5.74) is 1.20. The number of nitrogens with zero attached hydrogens (tertiary/aromatic N) is 3. The summed E-state index contributed by atoms with van der Waals surface area (Å²) in [4.78, 5) is 14.4. The lowest BCUT2D eigenvalue weighted by atomic mass is 9.95. The van der Waals surface area contributed by atoms with Gasteiger partial charge in [0.1, 0.15) is 0 Å². The highest BCUT2D eigenvalue weighted by molar-refractivity contribution is 6.99. The van der Waals surface area contributed by atoms with E-state index in [0.29, 0.717) is 36.7 Å². The van der Waals surface area contributed by atoms with Crippen molar-refractivity contribution in [3.05, 3.63) is 11.4 Å². The Morgan fingerprint density at radius 3 is 2.78 bits per heavy atom. The maximum absolute atomic E-state index is 12.5. The molecule has 2 atom stereocenters. The number of aliphatic hydroxyl groups excluding tert-OH is 1. The topological polar surface area (TPSA) is 66.3 Å². The first-order valence-electron chi connectivity index (χ1n) is 6.45. The van der Waals surface area contributed by atoms with Crippen LogP contribution in [0, 0.1) is 12.8 Å². The van der Waals surface area contributed by atoms with Gasteiger partial charge in [-0.3, -0.25) is 4.79 Å². The fraction of sp³-hybridized carbons (Fsp3) is 0.750. The summed E-state index contributed by atoms with van der Waals surface area (Å²) < 4.78 is 8.17. The molecule has 1 amide bonds. The van der Waals surface area contributed by atoms with Crippen molar-refractivity contribution in [3.63, 3.8) is 0 Å². The molecule has 3 rings (SSSR count). The number of carbonyl (C=O) groups excluding carboxylic acids is 1. The van der Waals surface area contributed by atoms with Gasteiger partial charge in [-0.1, -0.05) is 0 Å². The molecule has 1 N–H and O–H groups in total. The molecule has 6 heteroatoms. The molecule has 1 aromatic rings. The average Bonchev–Trinajstić information content (AvgIpc) is 3.11. The Morgan fingerprint density at radius 2 is 2.17 bits per heavy atom. The summed E-state index contributed by atoms with van der Waals surface area (Å²) in [7, 11) is 0. The third-order valence-electron chi connectivity index (χ3n) is 3.90. The summed E-state index contributed by atoms with van der Waals surface area (Å²) in [5, 5.41) is 9.78. The van der Waals surface area contributed by atoms with Crippen LogP contribution in [-0.4, -0.2) is 43.4 Å².